The van der Waals surface area contributed by atoms with Crippen LogP contribution in [0.15, 0.2) is 42.5 Å². The fraction of sp³-hybridized carbons (Fsp3) is 0.300. The van der Waals surface area contributed by atoms with E-state index < -0.39 is 5.82 Å². The Kier molecular flexibility index (Phi) is 5.59. The van der Waals surface area contributed by atoms with Crippen LogP contribution in [0.4, 0.5) is 10.1 Å². The summed E-state index contributed by atoms with van der Waals surface area (Å²) in [6.07, 6.45) is 1.24. The molecule has 1 aliphatic rings. The molecule has 0 spiro atoms. The maximum atomic E-state index is 13.3. The highest BCUT2D eigenvalue weighted by Crippen LogP contribution is 2.29. The lowest BCUT2D eigenvalue weighted by atomic mass is 10.1. The van der Waals surface area contributed by atoms with Gasteiger partial charge in [0, 0.05) is 24.2 Å². The van der Waals surface area contributed by atoms with Crippen molar-refractivity contribution in [1.82, 2.24) is 4.90 Å². The smallest absolute Gasteiger partial charge is 0.259 e. The molecule has 0 aromatic heterocycles. The average molecular weight is 372 g/mol. The van der Waals surface area contributed by atoms with E-state index in [9.17, 15) is 14.0 Å². The molecule has 2 amide bonds. The van der Waals surface area contributed by atoms with Gasteiger partial charge in [0.2, 0.25) is 5.91 Å². The summed E-state index contributed by atoms with van der Waals surface area (Å²) in [5, 5.41) is 0. The number of hydrogen-bond donors (Lipinski definition) is 0. The van der Waals surface area contributed by atoms with E-state index in [4.69, 9.17) is 9.47 Å². The number of likely N-dealkylation sites (tertiary alicyclic amines) is 1. The molecule has 0 atom stereocenters. The topological polar surface area (TPSA) is 59.1 Å². The Morgan fingerprint density at radius 2 is 1.81 bits per heavy atom. The predicted molar refractivity (Wildman–Crippen MR) is 98.6 cm³/mol. The van der Waals surface area contributed by atoms with Crippen molar-refractivity contribution in [2.45, 2.75) is 12.8 Å². The number of carbonyl (C=O) groups is 2. The van der Waals surface area contributed by atoms with E-state index in [1.54, 1.807) is 23.1 Å². The number of methoxy groups -OCH3 is 2. The van der Waals surface area contributed by atoms with Crippen LogP contribution in [-0.2, 0) is 4.79 Å². The number of halogens is 1. The Bertz CT molecular complexity index is 838. The van der Waals surface area contributed by atoms with Gasteiger partial charge in [-0.05, 0) is 48.9 Å². The third kappa shape index (κ3) is 4.02. The van der Waals surface area contributed by atoms with E-state index in [0.29, 0.717) is 35.7 Å². The number of anilines is 1. The zero-order chi connectivity index (χ0) is 19.4. The maximum absolute atomic E-state index is 13.3. The molecule has 0 unspecified atom stereocenters. The lowest BCUT2D eigenvalue weighted by Gasteiger charge is -2.28. The Morgan fingerprint density at radius 1 is 1.11 bits per heavy atom. The normalized spacial score (nSPS) is 13.6. The van der Waals surface area contributed by atoms with Crippen LogP contribution in [-0.4, -0.2) is 44.1 Å². The predicted octanol–water partition coefficient (Wildman–Crippen LogP) is 3.07. The molecule has 27 heavy (non-hydrogen) atoms. The van der Waals surface area contributed by atoms with Crippen molar-refractivity contribution in [3.8, 4) is 11.5 Å². The molecule has 0 N–H and O–H groups in total. The van der Waals surface area contributed by atoms with Gasteiger partial charge in [0.15, 0.2) is 11.5 Å². The molecule has 1 heterocycles. The number of carbonyl (C=O) groups excluding carboxylic acids is 2. The van der Waals surface area contributed by atoms with Crippen molar-refractivity contribution in [1.29, 1.82) is 0 Å². The Balaban J connectivity index is 1.94. The van der Waals surface area contributed by atoms with Crippen LogP contribution in [0, 0.1) is 5.82 Å². The molecule has 0 aliphatic carbocycles. The summed E-state index contributed by atoms with van der Waals surface area (Å²) < 4.78 is 23.8. The number of amides is 2. The van der Waals surface area contributed by atoms with Crippen LogP contribution < -0.4 is 14.4 Å². The van der Waals surface area contributed by atoms with Crippen LogP contribution >= 0.6 is 0 Å². The van der Waals surface area contributed by atoms with Gasteiger partial charge in [-0.25, -0.2) is 4.39 Å². The summed E-state index contributed by atoms with van der Waals surface area (Å²) in [5.74, 6) is 0.232. The average Bonchev–Trinajstić information content (AvgIpc) is 3.10. The van der Waals surface area contributed by atoms with E-state index in [1.165, 1.54) is 43.4 Å². The van der Waals surface area contributed by atoms with Crippen molar-refractivity contribution in [2.75, 3.05) is 32.3 Å². The van der Waals surface area contributed by atoms with Crippen LogP contribution in [0.5, 0.6) is 11.5 Å². The standard InChI is InChI=1S/C20H21FN2O4/c1-26-17-10-5-14(12-18(17)27-2)20(25)23(13-22-11-3-4-19(22)24)16-8-6-15(21)7-9-16/h5-10,12H,3-4,11,13H2,1-2H3. The second-order valence-electron chi connectivity index (χ2n) is 6.18. The van der Waals surface area contributed by atoms with Gasteiger partial charge < -0.3 is 14.4 Å². The summed E-state index contributed by atoms with van der Waals surface area (Å²) >= 11 is 0. The molecule has 1 saturated heterocycles. The number of nitrogens with zero attached hydrogens (tertiary/aromatic N) is 2. The first-order chi connectivity index (χ1) is 13.0. The second kappa shape index (κ2) is 8.07. The van der Waals surface area contributed by atoms with Gasteiger partial charge in [0.25, 0.3) is 5.91 Å². The SMILES string of the molecule is COc1ccc(C(=O)N(CN2CCCC2=O)c2ccc(F)cc2)cc1OC. The minimum absolute atomic E-state index is 0.00206. The molecule has 3 rings (SSSR count). The summed E-state index contributed by atoms with van der Waals surface area (Å²) in [6.45, 7) is 0.702. The van der Waals surface area contributed by atoms with Crippen molar-refractivity contribution in [2.24, 2.45) is 0 Å². The van der Waals surface area contributed by atoms with E-state index in [2.05, 4.69) is 0 Å². The Morgan fingerprint density at radius 3 is 2.41 bits per heavy atom. The van der Waals surface area contributed by atoms with Gasteiger partial charge in [0.05, 0.1) is 14.2 Å². The van der Waals surface area contributed by atoms with Gasteiger partial charge in [-0.2, -0.15) is 0 Å². The summed E-state index contributed by atoms with van der Waals surface area (Å²) in [6, 6.07) is 10.5. The number of rotatable bonds is 6. The number of benzene rings is 2. The quantitative estimate of drug-likeness (QED) is 0.782. The summed E-state index contributed by atoms with van der Waals surface area (Å²) in [5.41, 5.74) is 0.888. The molecule has 2 aromatic carbocycles. The molecule has 1 fully saturated rings. The van der Waals surface area contributed by atoms with Crippen LogP contribution in [0.25, 0.3) is 0 Å². The molecule has 0 radical (unpaired) electrons. The van der Waals surface area contributed by atoms with E-state index in [0.717, 1.165) is 6.42 Å². The second-order valence-corrected chi connectivity index (χ2v) is 6.18. The first kappa shape index (κ1) is 18.7. The van der Waals surface area contributed by atoms with Crippen molar-refractivity contribution in [3.05, 3.63) is 53.8 Å². The van der Waals surface area contributed by atoms with Crippen molar-refractivity contribution in [3.63, 3.8) is 0 Å². The molecule has 0 bridgehead atoms. The summed E-state index contributed by atoms with van der Waals surface area (Å²) in [7, 11) is 3.01. The fourth-order valence-electron chi connectivity index (χ4n) is 3.03. The first-order valence-corrected chi connectivity index (χ1v) is 8.60. The molecule has 0 saturated carbocycles. The zero-order valence-corrected chi connectivity index (χ0v) is 15.3. The maximum Gasteiger partial charge on any atom is 0.259 e. The molecule has 1 aliphatic heterocycles. The summed E-state index contributed by atoms with van der Waals surface area (Å²) in [4.78, 5) is 28.3. The molecular formula is C20H21FN2O4. The van der Waals surface area contributed by atoms with Gasteiger partial charge in [-0.1, -0.05) is 0 Å². The van der Waals surface area contributed by atoms with Crippen molar-refractivity contribution < 1.29 is 23.5 Å². The van der Waals surface area contributed by atoms with Gasteiger partial charge >= 0.3 is 0 Å². The van der Waals surface area contributed by atoms with Crippen molar-refractivity contribution >= 4 is 17.5 Å². The van der Waals surface area contributed by atoms with Crippen LogP contribution in [0.3, 0.4) is 0 Å². The van der Waals surface area contributed by atoms with E-state index >= 15 is 0 Å². The molecule has 6 nitrogen and oxygen atoms in total. The highest BCUT2D eigenvalue weighted by Gasteiger charge is 2.27. The van der Waals surface area contributed by atoms with Gasteiger partial charge in [0.1, 0.15) is 12.5 Å². The fourth-order valence-corrected chi connectivity index (χ4v) is 3.03. The lowest BCUT2D eigenvalue weighted by molar-refractivity contribution is -0.127. The number of hydrogen-bond acceptors (Lipinski definition) is 4. The van der Waals surface area contributed by atoms with E-state index in [1.807, 2.05) is 0 Å². The third-order valence-electron chi connectivity index (χ3n) is 4.50. The largest absolute Gasteiger partial charge is 0.493 e. The monoisotopic (exact) mass is 372 g/mol. The van der Waals surface area contributed by atoms with E-state index in [-0.39, 0.29) is 18.5 Å². The Labute approximate surface area is 157 Å². The van der Waals surface area contributed by atoms with Crippen LogP contribution in [0.1, 0.15) is 23.2 Å². The van der Waals surface area contributed by atoms with Gasteiger partial charge in [-0.3, -0.25) is 14.5 Å². The molecule has 142 valence electrons. The minimum atomic E-state index is -0.394. The Hall–Kier alpha value is -3.09. The molecule has 7 heteroatoms. The van der Waals surface area contributed by atoms with Crippen LogP contribution in [0.2, 0.25) is 0 Å². The lowest BCUT2D eigenvalue weighted by Crippen LogP contribution is -2.42. The zero-order valence-electron chi connectivity index (χ0n) is 15.3. The minimum Gasteiger partial charge on any atom is -0.493 e. The third-order valence-corrected chi connectivity index (χ3v) is 4.50. The van der Waals surface area contributed by atoms with Gasteiger partial charge in [-0.15, -0.1) is 0 Å². The highest BCUT2D eigenvalue weighted by molar-refractivity contribution is 6.06. The first-order valence-electron chi connectivity index (χ1n) is 8.60. The number of ether oxygens (including phenoxy) is 2. The molecule has 2 aromatic rings. The highest BCUT2D eigenvalue weighted by atomic mass is 19.1. The molecular weight excluding hydrogens is 351 g/mol.